The van der Waals surface area contributed by atoms with Crippen LogP contribution < -0.4 is 5.56 Å². The Bertz CT molecular complexity index is 984. The molecule has 7 nitrogen and oxygen atoms in total. The summed E-state index contributed by atoms with van der Waals surface area (Å²) in [7, 11) is 0. The number of hydrogen-bond acceptors (Lipinski definition) is 4. The summed E-state index contributed by atoms with van der Waals surface area (Å²) < 4.78 is 1.39. The molecule has 0 atom stereocenters. The smallest absolute Gasteiger partial charge is 0.261 e. The van der Waals surface area contributed by atoms with Gasteiger partial charge in [-0.2, -0.15) is 0 Å². The molecule has 1 aromatic carbocycles. The normalized spacial score (nSPS) is 18.4. The molecule has 0 N–H and O–H groups in total. The van der Waals surface area contributed by atoms with Crippen molar-refractivity contribution in [3.8, 4) is 0 Å². The van der Waals surface area contributed by atoms with Gasteiger partial charge in [0, 0.05) is 32.1 Å². The van der Waals surface area contributed by atoms with Crippen LogP contribution in [0.15, 0.2) is 29.3 Å². The Labute approximate surface area is 176 Å². The van der Waals surface area contributed by atoms with Gasteiger partial charge in [-0.1, -0.05) is 25.0 Å². The first-order valence-corrected chi connectivity index (χ1v) is 11.1. The molecule has 2 amide bonds. The van der Waals surface area contributed by atoms with Crippen LogP contribution in [0, 0.1) is 12.8 Å². The van der Waals surface area contributed by atoms with Gasteiger partial charge in [0.05, 0.1) is 17.2 Å². The quantitative estimate of drug-likeness (QED) is 0.778. The topological polar surface area (TPSA) is 75.5 Å². The van der Waals surface area contributed by atoms with Crippen molar-refractivity contribution < 1.29 is 9.59 Å². The minimum absolute atomic E-state index is 0.0134. The predicted molar refractivity (Wildman–Crippen MR) is 115 cm³/mol. The number of fused-ring (bicyclic) bond motifs is 1. The third kappa shape index (κ3) is 4.25. The molecule has 2 aliphatic heterocycles. The van der Waals surface area contributed by atoms with Crippen LogP contribution >= 0.6 is 0 Å². The average molecular weight is 411 g/mol. The van der Waals surface area contributed by atoms with Crippen molar-refractivity contribution in [2.24, 2.45) is 5.92 Å². The fourth-order valence-corrected chi connectivity index (χ4v) is 4.62. The summed E-state index contributed by atoms with van der Waals surface area (Å²) in [5.41, 5.74) is 1.43. The van der Waals surface area contributed by atoms with Crippen LogP contribution in [0.3, 0.4) is 0 Å². The lowest BCUT2D eigenvalue weighted by atomic mass is 9.95. The van der Waals surface area contributed by atoms with Gasteiger partial charge in [-0.3, -0.25) is 19.0 Å². The van der Waals surface area contributed by atoms with Gasteiger partial charge in [0.15, 0.2) is 0 Å². The molecule has 0 radical (unpaired) electrons. The van der Waals surface area contributed by atoms with Crippen LogP contribution in [0.2, 0.25) is 0 Å². The first-order chi connectivity index (χ1) is 14.5. The van der Waals surface area contributed by atoms with E-state index in [1.807, 2.05) is 24.0 Å². The largest absolute Gasteiger partial charge is 0.342 e. The number of hydrogen-bond donors (Lipinski definition) is 0. The van der Waals surface area contributed by atoms with Crippen molar-refractivity contribution >= 4 is 22.7 Å². The molecular formula is C23H30N4O3. The van der Waals surface area contributed by atoms with Crippen LogP contribution in [0.4, 0.5) is 0 Å². The third-order valence-electron chi connectivity index (χ3n) is 6.48. The predicted octanol–water partition coefficient (Wildman–Crippen LogP) is 2.35. The molecule has 0 aliphatic carbocycles. The minimum atomic E-state index is -0.191. The Morgan fingerprint density at radius 2 is 1.70 bits per heavy atom. The fraction of sp³-hybridized carbons (Fsp3) is 0.565. The van der Waals surface area contributed by atoms with Gasteiger partial charge >= 0.3 is 0 Å². The van der Waals surface area contributed by atoms with Gasteiger partial charge in [-0.25, -0.2) is 4.98 Å². The lowest BCUT2D eigenvalue weighted by Gasteiger charge is -2.34. The van der Waals surface area contributed by atoms with E-state index in [1.54, 1.807) is 11.0 Å². The summed E-state index contributed by atoms with van der Waals surface area (Å²) in [4.78, 5) is 46.6. The number of rotatable bonds is 3. The van der Waals surface area contributed by atoms with Gasteiger partial charge in [0.1, 0.15) is 6.54 Å². The highest BCUT2D eigenvalue weighted by Gasteiger charge is 2.30. The number of amides is 2. The molecule has 0 spiro atoms. The SMILES string of the molecule is Cc1cccc2c(=O)n(CC(=O)N3CCC(C(=O)N4CCCCCC4)CC3)cnc12. The highest BCUT2D eigenvalue weighted by Crippen LogP contribution is 2.22. The molecule has 7 heteroatoms. The number of carbonyl (C=O) groups excluding carboxylic acids is 2. The van der Waals surface area contributed by atoms with Gasteiger partial charge in [-0.15, -0.1) is 0 Å². The second-order valence-electron chi connectivity index (χ2n) is 8.54. The average Bonchev–Trinajstić information content (AvgIpc) is 3.05. The number of likely N-dealkylation sites (tertiary alicyclic amines) is 2. The number of aromatic nitrogens is 2. The number of nitrogens with zero attached hydrogens (tertiary/aromatic N) is 4. The second-order valence-corrected chi connectivity index (χ2v) is 8.54. The lowest BCUT2D eigenvalue weighted by molar-refractivity contribution is -0.141. The van der Waals surface area contributed by atoms with E-state index in [1.165, 1.54) is 23.7 Å². The zero-order valence-corrected chi connectivity index (χ0v) is 17.7. The Morgan fingerprint density at radius 1 is 1.00 bits per heavy atom. The van der Waals surface area contributed by atoms with E-state index < -0.39 is 0 Å². The zero-order valence-electron chi connectivity index (χ0n) is 17.7. The maximum absolute atomic E-state index is 12.8. The van der Waals surface area contributed by atoms with Crippen molar-refractivity contribution in [2.75, 3.05) is 26.2 Å². The van der Waals surface area contributed by atoms with Crippen molar-refractivity contribution in [3.63, 3.8) is 0 Å². The van der Waals surface area contributed by atoms with Crippen LogP contribution in [-0.2, 0) is 16.1 Å². The third-order valence-corrected chi connectivity index (χ3v) is 6.48. The number of carbonyl (C=O) groups is 2. The van der Waals surface area contributed by atoms with E-state index in [4.69, 9.17) is 0 Å². The summed E-state index contributed by atoms with van der Waals surface area (Å²) >= 11 is 0. The fourth-order valence-electron chi connectivity index (χ4n) is 4.62. The van der Waals surface area contributed by atoms with Crippen molar-refractivity contribution in [3.05, 3.63) is 40.4 Å². The highest BCUT2D eigenvalue weighted by atomic mass is 16.2. The van der Waals surface area contributed by atoms with E-state index in [0.717, 1.165) is 31.5 Å². The molecule has 2 aliphatic rings. The molecule has 160 valence electrons. The molecule has 0 unspecified atom stereocenters. The molecule has 1 aromatic heterocycles. The number of aryl methyl sites for hydroxylation is 1. The van der Waals surface area contributed by atoms with E-state index in [-0.39, 0.29) is 29.8 Å². The summed E-state index contributed by atoms with van der Waals surface area (Å²) in [6.45, 7) is 4.78. The summed E-state index contributed by atoms with van der Waals surface area (Å²) in [5.74, 6) is 0.182. The maximum atomic E-state index is 12.8. The Morgan fingerprint density at radius 3 is 2.40 bits per heavy atom. The number of piperidine rings is 1. The maximum Gasteiger partial charge on any atom is 0.261 e. The molecule has 0 bridgehead atoms. The van der Waals surface area contributed by atoms with Gasteiger partial charge < -0.3 is 9.80 Å². The van der Waals surface area contributed by atoms with Crippen molar-refractivity contribution in [2.45, 2.75) is 52.0 Å². The first-order valence-electron chi connectivity index (χ1n) is 11.1. The Balaban J connectivity index is 1.37. The van der Waals surface area contributed by atoms with Gasteiger partial charge in [-0.05, 0) is 44.2 Å². The Hall–Kier alpha value is -2.70. The van der Waals surface area contributed by atoms with Crippen LogP contribution in [0.25, 0.3) is 10.9 Å². The zero-order chi connectivity index (χ0) is 21.1. The highest BCUT2D eigenvalue weighted by molar-refractivity contribution is 5.82. The van der Waals surface area contributed by atoms with Crippen LogP contribution in [-0.4, -0.2) is 57.3 Å². The molecule has 4 rings (SSSR count). The monoisotopic (exact) mass is 410 g/mol. The summed E-state index contributed by atoms with van der Waals surface area (Å²) in [5, 5.41) is 0.534. The number of benzene rings is 1. The molecule has 2 aromatic rings. The van der Waals surface area contributed by atoms with E-state index >= 15 is 0 Å². The van der Waals surface area contributed by atoms with Crippen LogP contribution in [0.5, 0.6) is 0 Å². The molecule has 2 fully saturated rings. The van der Waals surface area contributed by atoms with Gasteiger partial charge in [0.25, 0.3) is 5.56 Å². The van der Waals surface area contributed by atoms with E-state index in [2.05, 4.69) is 4.98 Å². The lowest BCUT2D eigenvalue weighted by Crippen LogP contribution is -2.46. The molecule has 3 heterocycles. The van der Waals surface area contributed by atoms with Crippen molar-refractivity contribution in [1.82, 2.24) is 19.4 Å². The molecule has 30 heavy (non-hydrogen) atoms. The molecular weight excluding hydrogens is 380 g/mol. The van der Waals surface area contributed by atoms with Gasteiger partial charge in [0.2, 0.25) is 11.8 Å². The molecule has 2 saturated heterocycles. The first kappa shape index (κ1) is 20.6. The minimum Gasteiger partial charge on any atom is -0.342 e. The molecule has 0 saturated carbocycles. The van der Waals surface area contributed by atoms with Crippen LogP contribution in [0.1, 0.15) is 44.1 Å². The van der Waals surface area contributed by atoms with E-state index in [9.17, 15) is 14.4 Å². The standard InChI is InChI=1S/C23H30N4O3/c1-17-7-6-8-19-21(17)24-16-27(23(19)30)15-20(28)25-13-9-18(10-14-25)22(29)26-11-4-2-3-5-12-26/h6-8,16,18H,2-5,9-15H2,1H3. The second kappa shape index (κ2) is 8.98. The summed E-state index contributed by atoms with van der Waals surface area (Å²) in [6, 6.07) is 5.50. The number of para-hydroxylation sites is 1. The van der Waals surface area contributed by atoms with E-state index in [0.29, 0.717) is 36.8 Å². The van der Waals surface area contributed by atoms with Crippen molar-refractivity contribution in [1.29, 1.82) is 0 Å². The summed E-state index contributed by atoms with van der Waals surface area (Å²) in [6.07, 6.45) is 7.47. The Kier molecular flexibility index (Phi) is 6.16.